The number of benzene rings is 1. The second kappa shape index (κ2) is 6.06. The van der Waals surface area contributed by atoms with Crippen LogP contribution in [0.1, 0.15) is 33.4 Å². The van der Waals surface area contributed by atoms with Gasteiger partial charge in [-0.2, -0.15) is 0 Å². The number of rotatable bonds is 3. The summed E-state index contributed by atoms with van der Waals surface area (Å²) in [7, 11) is 0. The third-order valence-electron chi connectivity index (χ3n) is 2.95. The number of ether oxygens (including phenoxy) is 1. The van der Waals surface area contributed by atoms with E-state index in [0.29, 0.717) is 12.3 Å². The topological polar surface area (TPSA) is 39.2 Å². The summed E-state index contributed by atoms with van der Waals surface area (Å²) in [6, 6.07) is 4.15. The average Bonchev–Trinajstić information content (AvgIpc) is 2.78. The van der Waals surface area contributed by atoms with E-state index in [9.17, 15) is 4.79 Å². The monoisotopic (exact) mass is 353 g/mol. The normalized spacial score (nSPS) is 10.7. The molecule has 0 aliphatic carbocycles. The van der Waals surface area contributed by atoms with Gasteiger partial charge < -0.3 is 4.74 Å². The molecule has 1 aromatic carbocycles. The largest absolute Gasteiger partial charge is 0.461 e. The van der Waals surface area contributed by atoms with Crippen molar-refractivity contribution in [1.29, 1.82) is 0 Å². The lowest BCUT2D eigenvalue weighted by atomic mass is 10.1. The van der Waals surface area contributed by atoms with Gasteiger partial charge in [-0.3, -0.25) is 0 Å². The van der Waals surface area contributed by atoms with Gasteiger partial charge in [0.2, 0.25) is 0 Å². The zero-order chi connectivity index (χ0) is 14.9. The summed E-state index contributed by atoms with van der Waals surface area (Å²) in [4.78, 5) is 17.1. The Bertz CT molecular complexity index is 641. The summed E-state index contributed by atoms with van der Waals surface area (Å²) in [6.45, 7) is 8.15. The number of aryl methyl sites for hydroxylation is 3. The van der Waals surface area contributed by atoms with Crippen LogP contribution in [0, 0.1) is 20.8 Å². The molecular weight excluding hydrogens is 338 g/mol. The number of carbonyl (C=O) groups excluding carboxylic acids is 1. The molecule has 0 aliphatic heterocycles. The van der Waals surface area contributed by atoms with Crippen LogP contribution in [-0.4, -0.2) is 17.6 Å². The van der Waals surface area contributed by atoms with E-state index in [1.165, 1.54) is 11.3 Å². The number of halogens is 1. The van der Waals surface area contributed by atoms with Gasteiger partial charge in [-0.15, -0.1) is 11.3 Å². The molecule has 0 aliphatic rings. The minimum atomic E-state index is -0.349. The van der Waals surface area contributed by atoms with E-state index >= 15 is 0 Å². The van der Waals surface area contributed by atoms with Crippen LogP contribution >= 0.6 is 27.3 Å². The minimum Gasteiger partial charge on any atom is -0.461 e. The summed E-state index contributed by atoms with van der Waals surface area (Å²) >= 11 is 5.08. The minimum absolute atomic E-state index is 0.349. The number of carbonyl (C=O) groups is 1. The molecule has 0 bridgehead atoms. The van der Waals surface area contributed by atoms with Gasteiger partial charge in [0.05, 0.1) is 6.61 Å². The molecule has 2 aromatic rings. The van der Waals surface area contributed by atoms with Gasteiger partial charge in [0, 0.05) is 14.9 Å². The van der Waals surface area contributed by atoms with Gasteiger partial charge in [0.15, 0.2) is 5.69 Å². The van der Waals surface area contributed by atoms with E-state index in [4.69, 9.17) is 4.74 Å². The van der Waals surface area contributed by atoms with E-state index < -0.39 is 0 Å². The quantitative estimate of drug-likeness (QED) is 0.752. The zero-order valence-corrected chi connectivity index (χ0v) is 14.3. The number of esters is 1. The van der Waals surface area contributed by atoms with E-state index in [-0.39, 0.29) is 5.97 Å². The highest BCUT2D eigenvalue weighted by Crippen LogP contribution is 2.32. The van der Waals surface area contributed by atoms with Crippen molar-refractivity contribution < 1.29 is 9.53 Å². The van der Waals surface area contributed by atoms with Crippen LogP contribution in [0.25, 0.3) is 10.6 Å². The molecule has 106 valence electrons. The lowest BCUT2D eigenvalue weighted by Gasteiger charge is -2.05. The highest BCUT2D eigenvalue weighted by Gasteiger charge is 2.17. The molecule has 3 nitrogen and oxygen atoms in total. The molecule has 0 saturated carbocycles. The van der Waals surface area contributed by atoms with E-state index in [0.717, 1.165) is 31.0 Å². The lowest BCUT2D eigenvalue weighted by molar-refractivity contribution is 0.0519. The first-order valence-electron chi connectivity index (χ1n) is 6.35. The number of hydrogen-bond acceptors (Lipinski definition) is 4. The molecule has 0 spiro atoms. The fourth-order valence-corrected chi connectivity index (χ4v) is 3.10. The van der Waals surface area contributed by atoms with Gasteiger partial charge in [-0.05, 0) is 51.0 Å². The standard InChI is InChI=1S/C15H16BrNO2S/c1-5-19-15(18)13-10(4)20-14(17-13)11-6-8(2)12(16)9(3)7-11/h6-7H,5H2,1-4H3. The molecule has 0 saturated heterocycles. The predicted octanol–water partition coefficient (Wildman–Crippen LogP) is 4.67. The van der Waals surface area contributed by atoms with Crippen LogP contribution in [0.15, 0.2) is 16.6 Å². The number of hydrogen-bond donors (Lipinski definition) is 0. The Morgan fingerprint density at radius 1 is 1.30 bits per heavy atom. The molecule has 5 heteroatoms. The van der Waals surface area contributed by atoms with Crippen LogP contribution in [0.4, 0.5) is 0 Å². The van der Waals surface area contributed by atoms with Crippen molar-refractivity contribution in [3.63, 3.8) is 0 Å². The first-order valence-corrected chi connectivity index (χ1v) is 7.96. The molecule has 1 aromatic heterocycles. The SMILES string of the molecule is CCOC(=O)c1nc(-c2cc(C)c(Br)c(C)c2)sc1C. The first kappa shape index (κ1) is 15.2. The predicted molar refractivity (Wildman–Crippen MR) is 85.4 cm³/mol. The molecular formula is C15H16BrNO2S. The highest BCUT2D eigenvalue weighted by molar-refractivity contribution is 9.10. The second-order valence-corrected chi connectivity index (χ2v) is 6.56. The molecule has 0 N–H and O–H groups in total. The van der Waals surface area contributed by atoms with Crippen molar-refractivity contribution in [2.75, 3.05) is 6.61 Å². The highest BCUT2D eigenvalue weighted by atomic mass is 79.9. The van der Waals surface area contributed by atoms with Crippen molar-refractivity contribution in [2.24, 2.45) is 0 Å². The van der Waals surface area contributed by atoms with Crippen molar-refractivity contribution in [3.8, 4) is 10.6 Å². The summed E-state index contributed by atoms with van der Waals surface area (Å²) in [6.07, 6.45) is 0. The van der Waals surface area contributed by atoms with Crippen molar-refractivity contribution in [1.82, 2.24) is 4.98 Å². The van der Waals surface area contributed by atoms with Crippen LogP contribution in [0.5, 0.6) is 0 Å². The Morgan fingerprint density at radius 3 is 2.45 bits per heavy atom. The third-order valence-corrected chi connectivity index (χ3v) is 5.22. The molecule has 0 atom stereocenters. The zero-order valence-electron chi connectivity index (χ0n) is 11.9. The van der Waals surface area contributed by atoms with Gasteiger partial charge in [-0.25, -0.2) is 9.78 Å². The summed E-state index contributed by atoms with van der Waals surface area (Å²) in [5, 5.41) is 0.851. The van der Waals surface area contributed by atoms with Crippen molar-refractivity contribution >= 4 is 33.2 Å². The second-order valence-electron chi connectivity index (χ2n) is 4.57. The lowest BCUT2D eigenvalue weighted by Crippen LogP contribution is -2.06. The molecule has 0 amide bonds. The van der Waals surface area contributed by atoms with Crippen molar-refractivity contribution in [3.05, 3.63) is 38.3 Å². The van der Waals surface area contributed by atoms with E-state index in [1.807, 2.05) is 20.8 Å². The van der Waals surface area contributed by atoms with Crippen LogP contribution in [0.3, 0.4) is 0 Å². The van der Waals surface area contributed by atoms with Crippen LogP contribution < -0.4 is 0 Å². The molecule has 1 heterocycles. The Labute approximate surface area is 131 Å². The number of aromatic nitrogens is 1. The molecule has 2 rings (SSSR count). The van der Waals surface area contributed by atoms with Crippen LogP contribution in [0.2, 0.25) is 0 Å². The average molecular weight is 354 g/mol. The molecule has 0 unspecified atom stereocenters. The number of thiazole rings is 1. The van der Waals surface area contributed by atoms with Crippen molar-refractivity contribution in [2.45, 2.75) is 27.7 Å². The van der Waals surface area contributed by atoms with E-state index in [1.54, 1.807) is 6.92 Å². The smallest absolute Gasteiger partial charge is 0.358 e. The molecule has 0 fully saturated rings. The maximum Gasteiger partial charge on any atom is 0.358 e. The van der Waals surface area contributed by atoms with E-state index in [2.05, 4.69) is 33.0 Å². The van der Waals surface area contributed by atoms with Gasteiger partial charge in [-0.1, -0.05) is 15.9 Å². The van der Waals surface area contributed by atoms with Gasteiger partial charge >= 0.3 is 5.97 Å². The fraction of sp³-hybridized carbons (Fsp3) is 0.333. The Kier molecular flexibility index (Phi) is 4.60. The summed E-state index contributed by atoms with van der Waals surface area (Å²) in [5.41, 5.74) is 3.77. The maximum absolute atomic E-state index is 11.8. The Morgan fingerprint density at radius 2 is 1.90 bits per heavy atom. The molecule has 20 heavy (non-hydrogen) atoms. The van der Waals surface area contributed by atoms with Gasteiger partial charge in [0.1, 0.15) is 5.01 Å². The fourth-order valence-electron chi connectivity index (χ4n) is 1.98. The Hall–Kier alpha value is -1.20. The maximum atomic E-state index is 11.8. The van der Waals surface area contributed by atoms with Gasteiger partial charge in [0.25, 0.3) is 0 Å². The number of nitrogens with zero attached hydrogens (tertiary/aromatic N) is 1. The first-order chi connectivity index (χ1) is 9.43. The molecule has 0 radical (unpaired) electrons. The van der Waals surface area contributed by atoms with Crippen LogP contribution in [-0.2, 0) is 4.74 Å². The third kappa shape index (κ3) is 2.94. The summed E-state index contributed by atoms with van der Waals surface area (Å²) < 4.78 is 6.13. The summed E-state index contributed by atoms with van der Waals surface area (Å²) in [5.74, 6) is -0.349. The Balaban J connectivity index is 2.44.